The van der Waals surface area contributed by atoms with Crippen molar-refractivity contribution in [1.29, 1.82) is 5.41 Å². The summed E-state index contributed by atoms with van der Waals surface area (Å²) in [7, 11) is 0. The third-order valence-electron chi connectivity index (χ3n) is 6.37. The molecule has 4 aromatic rings. The Morgan fingerprint density at radius 1 is 1.00 bits per heavy atom. The van der Waals surface area contributed by atoms with Crippen molar-refractivity contribution in [3.05, 3.63) is 77.6 Å². The number of carboxylic acid groups (broad SMARTS) is 1. The van der Waals surface area contributed by atoms with Crippen molar-refractivity contribution < 1.29 is 23.5 Å². The molecule has 0 saturated carbocycles. The predicted molar refractivity (Wildman–Crippen MR) is 130 cm³/mol. The Kier molecular flexibility index (Phi) is 6.30. The standard InChI is InChI=1S/C25H21F2N7O3/c26-18-12-17(22(28)33-9-7-14(8-10-33)25(36)37)5-6-20(18)29-24(35)23-30-31-32-34(23)21-13-16-4-2-1-3-15(16)11-19(21)27/h1-6,11-14,28H,7-10H2,(H,29,35)(H,36,37). The van der Waals surface area contributed by atoms with Crippen LogP contribution < -0.4 is 5.32 Å². The maximum Gasteiger partial charge on any atom is 0.306 e. The zero-order valence-corrected chi connectivity index (χ0v) is 19.4. The number of benzene rings is 3. The number of fused-ring (bicyclic) bond motifs is 1. The number of anilines is 1. The molecule has 37 heavy (non-hydrogen) atoms. The highest BCUT2D eigenvalue weighted by Crippen LogP contribution is 2.24. The maximum atomic E-state index is 14.9. The van der Waals surface area contributed by atoms with Crippen LogP contribution in [0.15, 0.2) is 54.6 Å². The number of amidine groups is 1. The van der Waals surface area contributed by atoms with Crippen LogP contribution in [0.4, 0.5) is 14.5 Å². The van der Waals surface area contributed by atoms with E-state index in [1.54, 1.807) is 29.2 Å². The van der Waals surface area contributed by atoms with Gasteiger partial charge in [0, 0.05) is 18.7 Å². The van der Waals surface area contributed by atoms with Gasteiger partial charge in [-0.05, 0) is 64.4 Å². The molecule has 1 aliphatic heterocycles. The number of piperidine rings is 1. The van der Waals surface area contributed by atoms with Gasteiger partial charge in [-0.1, -0.05) is 24.3 Å². The Hall–Kier alpha value is -4.74. The van der Waals surface area contributed by atoms with Gasteiger partial charge in [-0.2, -0.15) is 4.68 Å². The summed E-state index contributed by atoms with van der Waals surface area (Å²) < 4.78 is 30.6. The van der Waals surface area contributed by atoms with Crippen molar-refractivity contribution in [1.82, 2.24) is 25.1 Å². The number of aromatic nitrogens is 4. The Morgan fingerprint density at radius 3 is 2.38 bits per heavy atom. The summed E-state index contributed by atoms with van der Waals surface area (Å²) in [6.07, 6.45) is 0.807. The summed E-state index contributed by atoms with van der Waals surface area (Å²) in [4.78, 5) is 25.7. The van der Waals surface area contributed by atoms with Crippen molar-refractivity contribution in [3.8, 4) is 5.69 Å². The predicted octanol–water partition coefficient (Wildman–Crippen LogP) is 3.47. The monoisotopic (exact) mass is 505 g/mol. The second-order valence-corrected chi connectivity index (χ2v) is 8.66. The summed E-state index contributed by atoms with van der Waals surface area (Å²) in [6, 6.07) is 13.8. The quantitative estimate of drug-likeness (QED) is 0.279. The van der Waals surface area contributed by atoms with Crippen LogP contribution in [0.2, 0.25) is 0 Å². The van der Waals surface area contributed by atoms with E-state index in [4.69, 9.17) is 10.5 Å². The molecule has 2 heterocycles. The number of carbonyl (C=O) groups is 2. The van der Waals surface area contributed by atoms with E-state index in [1.165, 1.54) is 24.3 Å². The maximum absolute atomic E-state index is 14.9. The van der Waals surface area contributed by atoms with Crippen molar-refractivity contribution in [2.75, 3.05) is 18.4 Å². The fourth-order valence-corrected chi connectivity index (χ4v) is 4.33. The second-order valence-electron chi connectivity index (χ2n) is 8.66. The van der Waals surface area contributed by atoms with Crippen LogP contribution in [0, 0.1) is 23.0 Å². The SMILES string of the molecule is N=C(c1ccc(NC(=O)c2nnnn2-c2cc3ccccc3cc2F)c(F)c1)N1CCC(C(=O)O)CC1. The lowest BCUT2D eigenvalue weighted by Gasteiger charge is -2.32. The summed E-state index contributed by atoms with van der Waals surface area (Å²) >= 11 is 0. The molecule has 0 unspecified atom stereocenters. The highest BCUT2D eigenvalue weighted by molar-refractivity contribution is 6.03. The topological polar surface area (TPSA) is 137 Å². The average Bonchev–Trinajstić information content (AvgIpc) is 3.39. The zero-order chi connectivity index (χ0) is 26.1. The molecule has 3 aromatic carbocycles. The fourth-order valence-electron chi connectivity index (χ4n) is 4.33. The first-order chi connectivity index (χ1) is 17.8. The largest absolute Gasteiger partial charge is 0.481 e. The van der Waals surface area contributed by atoms with Crippen LogP contribution in [0.25, 0.3) is 16.5 Å². The van der Waals surface area contributed by atoms with Crippen molar-refractivity contribution >= 4 is 34.2 Å². The molecule has 5 rings (SSSR count). The number of carboxylic acids is 1. The van der Waals surface area contributed by atoms with Gasteiger partial charge in [0.1, 0.15) is 23.2 Å². The molecule has 0 radical (unpaired) electrons. The van der Waals surface area contributed by atoms with Crippen molar-refractivity contribution in [3.63, 3.8) is 0 Å². The Morgan fingerprint density at radius 2 is 1.70 bits per heavy atom. The molecule has 1 aliphatic rings. The summed E-state index contributed by atoms with van der Waals surface area (Å²) in [5.41, 5.74) is 0.0804. The van der Waals surface area contributed by atoms with Crippen LogP contribution >= 0.6 is 0 Å². The molecule has 0 aliphatic carbocycles. The summed E-state index contributed by atoms with van der Waals surface area (Å²) in [5.74, 6) is -3.85. The summed E-state index contributed by atoms with van der Waals surface area (Å²) in [5, 5.41) is 32.2. The van der Waals surface area contributed by atoms with Gasteiger partial charge in [-0.25, -0.2) is 8.78 Å². The highest BCUT2D eigenvalue weighted by Gasteiger charge is 2.27. The van der Waals surface area contributed by atoms with E-state index in [1.807, 2.05) is 0 Å². The van der Waals surface area contributed by atoms with Gasteiger partial charge < -0.3 is 15.3 Å². The van der Waals surface area contributed by atoms with E-state index in [0.29, 0.717) is 31.3 Å². The zero-order valence-electron chi connectivity index (χ0n) is 19.4. The van der Waals surface area contributed by atoms with Gasteiger partial charge in [0.15, 0.2) is 0 Å². The molecule has 1 aromatic heterocycles. The number of tetrazole rings is 1. The molecule has 0 bridgehead atoms. The number of nitrogens with zero attached hydrogens (tertiary/aromatic N) is 5. The van der Waals surface area contributed by atoms with Gasteiger partial charge >= 0.3 is 5.97 Å². The Bertz CT molecular complexity index is 1530. The molecule has 12 heteroatoms. The Labute approximate surface area is 209 Å². The van der Waals surface area contributed by atoms with E-state index in [2.05, 4.69) is 20.8 Å². The second kappa shape index (κ2) is 9.72. The molecular formula is C25H21F2N7O3. The van der Waals surface area contributed by atoms with E-state index in [-0.39, 0.29) is 28.6 Å². The third-order valence-corrected chi connectivity index (χ3v) is 6.37. The highest BCUT2D eigenvalue weighted by atomic mass is 19.1. The minimum atomic E-state index is -0.855. The summed E-state index contributed by atoms with van der Waals surface area (Å²) in [6.45, 7) is 0.758. The van der Waals surface area contributed by atoms with Gasteiger partial charge in [0.05, 0.1) is 11.6 Å². The number of nitrogens with one attached hydrogen (secondary N) is 2. The average molecular weight is 505 g/mol. The number of aliphatic carboxylic acids is 1. The first kappa shape index (κ1) is 24.0. The number of likely N-dealkylation sites (tertiary alicyclic amines) is 1. The minimum Gasteiger partial charge on any atom is -0.481 e. The fraction of sp³-hybridized carbons (Fsp3) is 0.200. The molecule has 0 atom stereocenters. The first-order valence-electron chi connectivity index (χ1n) is 11.5. The van der Waals surface area contributed by atoms with Crippen LogP contribution in [0.3, 0.4) is 0 Å². The number of hydrogen-bond donors (Lipinski definition) is 3. The van der Waals surface area contributed by atoms with Gasteiger partial charge in [-0.15, -0.1) is 5.10 Å². The smallest absolute Gasteiger partial charge is 0.306 e. The van der Waals surface area contributed by atoms with Crippen molar-refractivity contribution in [2.45, 2.75) is 12.8 Å². The molecule has 188 valence electrons. The van der Waals surface area contributed by atoms with E-state index < -0.39 is 29.4 Å². The van der Waals surface area contributed by atoms with Crippen LogP contribution in [-0.2, 0) is 4.79 Å². The van der Waals surface area contributed by atoms with Crippen molar-refractivity contribution in [2.24, 2.45) is 5.92 Å². The van der Waals surface area contributed by atoms with E-state index in [9.17, 15) is 18.4 Å². The molecule has 1 saturated heterocycles. The molecule has 1 amide bonds. The van der Waals surface area contributed by atoms with Crippen LogP contribution in [0.5, 0.6) is 0 Å². The Balaban J connectivity index is 1.33. The molecule has 1 fully saturated rings. The van der Waals surface area contributed by atoms with Gasteiger partial charge in [0.2, 0.25) is 5.82 Å². The number of amides is 1. The van der Waals surface area contributed by atoms with E-state index >= 15 is 0 Å². The molecular weight excluding hydrogens is 484 g/mol. The van der Waals surface area contributed by atoms with Gasteiger partial charge in [0.25, 0.3) is 5.91 Å². The molecule has 10 nitrogen and oxygen atoms in total. The molecule has 3 N–H and O–H groups in total. The van der Waals surface area contributed by atoms with Crippen LogP contribution in [-0.4, -0.2) is 61.0 Å². The minimum absolute atomic E-state index is 0.0372. The lowest BCUT2D eigenvalue weighted by atomic mass is 9.96. The van der Waals surface area contributed by atoms with Crippen LogP contribution in [0.1, 0.15) is 29.0 Å². The third kappa shape index (κ3) is 4.73. The first-order valence-corrected chi connectivity index (χ1v) is 11.5. The van der Waals surface area contributed by atoms with Gasteiger partial charge in [-0.3, -0.25) is 15.0 Å². The number of carbonyl (C=O) groups excluding carboxylic acids is 1. The lowest BCUT2D eigenvalue weighted by Crippen LogP contribution is -2.40. The number of rotatable bonds is 5. The van der Waals surface area contributed by atoms with E-state index in [0.717, 1.165) is 16.1 Å². The number of halogens is 2. The lowest BCUT2D eigenvalue weighted by molar-refractivity contribution is -0.143. The normalized spacial score (nSPS) is 14.1. The molecule has 0 spiro atoms. The number of hydrogen-bond acceptors (Lipinski definition) is 6.